The summed E-state index contributed by atoms with van der Waals surface area (Å²) in [5, 5.41) is 9.33. The number of hydrogen-bond donors (Lipinski definition) is 1. The first-order chi connectivity index (χ1) is 11.4. The zero-order chi connectivity index (χ0) is 17.7. The summed E-state index contributed by atoms with van der Waals surface area (Å²) in [5.74, 6) is -1.43. The van der Waals surface area contributed by atoms with E-state index in [1.54, 1.807) is 0 Å². The number of benzene rings is 2. The fourth-order valence-electron chi connectivity index (χ4n) is 1.95. The number of carbonyl (C=O) groups excluding carboxylic acids is 2. The molecule has 0 spiro atoms. The van der Waals surface area contributed by atoms with Gasteiger partial charge in [0.15, 0.2) is 6.10 Å². The number of hydrogen-bond acceptors (Lipinski definition) is 5. The summed E-state index contributed by atoms with van der Waals surface area (Å²) in [5.41, 5.74) is 0.295. The van der Waals surface area contributed by atoms with Crippen LogP contribution in [0.25, 0.3) is 0 Å². The van der Waals surface area contributed by atoms with Crippen molar-refractivity contribution < 1.29 is 33.0 Å². The Morgan fingerprint density at radius 1 is 1.04 bits per heavy atom. The SMILES string of the molecule is C[C@@H](OC(=O)c1cccc(O)c1)C(=O)c1ccc(OC(F)F)cc1. The molecule has 126 valence electrons. The number of alkyl halides is 2. The summed E-state index contributed by atoms with van der Waals surface area (Å²) in [6.07, 6.45) is -1.08. The van der Waals surface area contributed by atoms with Crippen LogP contribution in [0.2, 0.25) is 0 Å². The van der Waals surface area contributed by atoms with Crippen molar-refractivity contribution >= 4 is 11.8 Å². The van der Waals surface area contributed by atoms with Crippen molar-refractivity contribution in [2.75, 3.05) is 0 Å². The van der Waals surface area contributed by atoms with Crippen LogP contribution in [0.3, 0.4) is 0 Å². The van der Waals surface area contributed by atoms with Crippen molar-refractivity contribution in [3.05, 3.63) is 59.7 Å². The third-order valence-corrected chi connectivity index (χ3v) is 3.10. The molecule has 0 aliphatic rings. The highest BCUT2D eigenvalue weighted by Gasteiger charge is 2.20. The molecule has 2 aromatic carbocycles. The van der Waals surface area contributed by atoms with Crippen molar-refractivity contribution in [3.63, 3.8) is 0 Å². The molecule has 0 fully saturated rings. The Balaban J connectivity index is 2.02. The van der Waals surface area contributed by atoms with Gasteiger partial charge in [-0.15, -0.1) is 0 Å². The first kappa shape index (κ1) is 17.4. The second-order valence-corrected chi connectivity index (χ2v) is 4.86. The van der Waals surface area contributed by atoms with E-state index in [2.05, 4.69) is 4.74 Å². The molecule has 0 aromatic heterocycles. The summed E-state index contributed by atoms with van der Waals surface area (Å²) in [6, 6.07) is 10.6. The van der Waals surface area contributed by atoms with Crippen molar-refractivity contribution in [2.24, 2.45) is 0 Å². The molecule has 2 rings (SSSR count). The molecule has 0 aliphatic carbocycles. The molecule has 0 amide bonds. The van der Waals surface area contributed by atoms with Gasteiger partial charge in [0.25, 0.3) is 0 Å². The maximum Gasteiger partial charge on any atom is 0.387 e. The van der Waals surface area contributed by atoms with Gasteiger partial charge >= 0.3 is 12.6 Å². The minimum absolute atomic E-state index is 0.0778. The molecule has 1 atom stereocenters. The van der Waals surface area contributed by atoms with E-state index >= 15 is 0 Å². The molecular formula is C17H14F2O5. The van der Waals surface area contributed by atoms with Crippen LogP contribution in [0.4, 0.5) is 8.78 Å². The highest BCUT2D eigenvalue weighted by molar-refractivity contribution is 6.01. The number of ether oxygens (including phenoxy) is 2. The molecule has 7 heteroatoms. The minimum atomic E-state index is -2.95. The molecule has 0 saturated carbocycles. The number of Topliss-reactive ketones (excluding diaryl/α,β-unsaturated/α-hetero) is 1. The molecule has 0 radical (unpaired) electrons. The fraction of sp³-hybridized carbons (Fsp3) is 0.176. The van der Waals surface area contributed by atoms with E-state index in [1.807, 2.05) is 0 Å². The number of aromatic hydroxyl groups is 1. The van der Waals surface area contributed by atoms with Crippen molar-refractivity contribution in [2.45, 2.75) is 19.6 Å². The molecule has 0 bridgehead atoms. The van der Waals surface area contributed by atoms with Gasteiger partial charge in [0.1, 0.15) is 11.5 Å². The Morgan fingerprint density at radius 3 is 2.29 bits per heavy atom. The lowest BCUT2D eigenvalue weighted by Gasteiger charge is -2.13. The molecule has 1 N–H and O–H groups in total. The smallest absolute Gasteiger partial charge is 0.387 e. The zero-order valence-electron chi connectivity index (χ0n) is 12.6. The lowest BCUT2D eigenvalue weighted by Crippen LogP contribution is -2.24. The number of phenols is 1. The number of ketones is 1. The van der Waals surface area contributed by atoms with Crippen LogP contribution in [0.15, 0.2) is 48.5 Å². The third kappa shape index (κ3) is 4.52. The average molecular weight is 336 g/mol. The summed E-state index contributed by atoms with van der Waals surface area (Å²) >= 11 is 0. The molecule has 0 heterocycles. The lowest BCUT2D eigenvalue weighted by atomic mass is 10.1. The predicted molar refractivity (Wildman–Crippen MR) is 80.4 cm³/mol. The van der Waals surface area contributed by atoms with E-state index in [-0.39, 0.29) is 22.6 Å². The molecule has 5 nitrogen and oxygen atoms in total. The fourth-order valence-corrected chi connectivity index (χ4v) is 1.95. The first-order valence-corrected chi connectivity index (χ1v) is 6.96. The summed E-state index contributed by atoms with van der Waals surface area (Å²) in [6.45, 7) is -1.55. The number of esters is 1. The highest BCUT2D eigenvalue weighted by Crippen LogP contribution is 2.17. The Hall–Kier alpha value is -2.96. The van der Waals surface area contributed by atoms with Gasteiger partial charge < -0.3 is 14.6 Å². The van der Waals surface area contributed by atoms with Gasteiger partial charge in [-0.2, -0.15) is 8.78 Å². The molecule has 0 unspecified atom stereocenters. The molecule has 24 heavy (non-hydrogen) atoms. The van der Waals surface area contributed by atoms with Crippen LogP contribution in [0.1, 0.15) is 27.6 Å². The highest BCUT2D eigenvalue weighted by atomic mass is 19.3. The molecule has 2 aromatic rings. The lowest BCUT2D eigenvalue weighted by molar-refractivity contribution is -0.0498. The van der Waals surface area contributed by atoms with E-state index < -0.39 is 24.5 Å². The minimum Gasteiger partial charge on any atom is -0.508 e. The Bertz CT molecular complexity index is 728. The van der Waals surface area contributed by atoms with E-state index in [9.17, 15) is 23.5 Å². The van der Waals surface area contributed by atoms with E-state index in [4.69, 9.17) is 4.74 Å². The number of carbonyl (C=O) groups is 2. The van der Waals surface area contributed by atoms with Gasteiger partial charge in [-0.1, -0.05) is 6.07 Å². The van der Waals surface area contributed by atoms with Crippen molar-refractivity contribution in [1.29, 1.82) is 0 Å². The maximum atomic E-state index is 12.2. The normalized spacial score (nSPS) is 11.8. The summed E-state index contributed by atoms with van der Waals surface area (Å²) in [7, 11) is 0. The standard InChI is InChI=1S/C17H14F2O5/c1-10(23-16(22)12-3-2-4-13(20)9-12)15(21)11-5-7-14(8-6-11)24-17(18)19/h2-10,17,20H,1H3/t10-/m1/s1. The quantitative estimate of drug-likeness (QED) is 0.646. The third-order valence-electron chi connectivity index (χ3n) is 3.10. The van der Waals surface area contributed by atoms with Crippen LogP contribution < -0.4 is 4.74 Å². The molecular weight excluding hydrogens is 322 g/mol. The van der Waals surface area contributed by atoms with Gasteiger partial charge in [-0.05, 0) is 49.4 Å². The predicted octanol–water partition coefficient (Wildman–Crippen LogP) is 3.42. The van der Waals surface area contributed by atoms with Crippen molar-refractivity contribution in [3.8, 4) is 11.5 Å². The second-order valence-electron chi connectivity index (χ2n) is 4.86. The zero-order valence-corrected chi connectivity index (χ0v) is 12.6. The van der Waals surface area contributed by atoms with Crippen LogP contribution in [-0.4, -0.2) is 29.6 Å². The first-order valence-electron chi connectivity index (χ1n) is 6.96. The Labute approximate surface area is 136 Å². The van der Waals surface area contributed by atoms with Crippen LogP contribution >= 0.6 is 0 Å². The van der Waals surface area contributed by atoms with Crippen molar-refractivity contribution in [1.82, 2.24) is 0 Å². The van der Waals surface area contributed by atoms with Crippen LogP contribution in [-0.2, 0) is 4.74 Å². The molecule has 0 saturated heterocycles. The van der Waals surface area contributed by atoms with Crippen LogP contribution in [0, 0.1) is 0 Å². The van der Waals surface area contributed by atoms with Gasteiger partial charge in [0.2, 0.25) is 5.78 Å². The molecule has 0 aliphatic heterocycles. The van der Waals surface area contributed by atoms with E-state index in [1.165, 1.54) is 55.5 Å². The van der Waals surface area contributed by atoms with Crippen LogP contribution in [0.5, 0.6) is 11.5 Å². The number of phenolic OH excluding ortho intramolecular Hbond substituents is 1. The van der Waals surface area contributed by atoms with Gasteiger partial charge in [0, 0.05) is 5.56 Å². The van der Waals surface area contributed by atoms with Gasteiger partial charge in [-0.3, -0.25) is 4.79 Å². The van der Waals surface area contributed by atoms with E-state index in [0.29, 0.717) is 0 Å². The largest absolute Gasteiger partial charge is 0.508 e. The second kappa shape index (κ2) is 7.54. The summed E-state index contributed by atoms with van der Waals surface area (Å²) in [4.78, 5) is 24.1. The van der Waals surface area contributed by atoms with E-state index in [0.717, 1.165) is 0 Å². The average Bonchev–Trinajstić information content (AvgIpc) is 2.54. The van der Waals surface area contributed by atoms with Gasteiger partial charge in [0.05, 0.1) is 5.56 Å². The Morgan fingerprint density at radius 2 is 1.71 bits per heavy atom. The maximum absolute atomic E-state index is 12.2. The number of halogens is 2. The monoisotopic (exact) mass is 336 g/mol. The summed E-state index contributed by atoms with van der Waals surface area (Å²) < 4.78 is 33.4. The topological polar surface area (TPSA) is 72.8 Å². The number of rotatable bonds is 6. The Kier molecular flexibility index (Phi) is 5.47. The van der Waals surface area contributed by atoms with Gasteiger partial charge in [-0.25, -0.2) is 4.79 Å².